The van der Waals surface area contributed by atoms with Crippen LogP contribution in [0, 0.1) is 0 Å². The van der Waals surface area contributed by atoms with Crippen molar-refractivity contribution in [3.05, 3.63) is 265 Å². The minimum absolute atomic E-state index is 0.436. The molecule has 11 aromatic rings. The zero-order chi connectivity index (χ0) is 41.5. The van der Waals surface area contributed by atoms with Gasteiger partial charge in [0.15, 0.2) is 0 Å². The Hall–Kier alpha value is -8.20. The van der Waals surface area contributed by atoms with Crippen LogP contribution in [0.25, 0.3) is 72.0 Å². The molecule has 0 saturated carbocycles. The van der Waals surface area contributed by atoms with Crippen LogP contribution < -0.4 is 4.90 Å². The monoisotopic (exact) mass is 800 g/mol. The number of fused-ring (bicyclic) bond motifs is 13. The highest BCUT2D eigenvalue weighted by Gasteiger charge is 2.52. The summed E-state index contributed by atoms with van der Waals surface area (Å²) in [4.78, 5) is 2.49. The van der Waals surface area contributed by atoms with Crippen LogP contribution in [-0.4, -0.2) is 4.57 Å². The Morgan fingerprint density at radius 2 is 0.873 bits per heavy atom. The summed E-state index contributed by atoms with van der Waals surface area (Å²) in [6.45, 7) is 0. The van der Waals surface area contributed by atoms with Gasteiger partial charge in [-0.25, -0.2) is 0 Å². The molecular formula is C61H40N2. The Balaban J connectivity index is 1.03. The Bertz CT molecular complexity index is 3520. The molecule has 2 nitrogen and oxygen atoms in total. The molecule has 0 bridgehead atoms. The van der Waals surface area contributed by atoms with Gasteiger partial charge < -0.3 is 9.47 Å². The fourth-order valence-electron chi connectivity index (χ4n) is 11.1. The topological polar surface area (TPSA) is 8.17 Å². The van der Waals surface area contributed by atoms with Crippen LogP contribution in [0.3, 0.4) is 0 Å². The molecule has 294 valence electrons. The van der Waals surface area contributed by atoms with Crippen LogP contribution in [-0.2, 0) is 5.41 Å². The van der Waals surface area contributed by atoms with Crippen molar-refractivity contribution in [2.24, 2.45) is 0 Å². The molecule has 10 aromatic carbocycles. The van der Waals surface area contributed by atoms with Gasteiger partial charge in [0.1, 0.15) is 0 Å². The summed E-state index contributed by atoms with van der Waals surface area (Å²) >= 11 is 0. The van der Waals surface area contributed by atoms with E-state index in [2.05, 4.69) is 252 Å². The van der Waals surface area contributed by atoms with Gasteiger partial charge in [-0.1, -0.05) is 188 Å². The molecule has 13 rings (SSSR count). The van der Waals surface area contributed by atoms with Crippen molar-refractivity contribution in [1.82, 2.24) is 4.57 Å². The van der Waals surface area contributed by atoms with E-state index < -0.39 is 5.41 Å². The quantitative estimate of drug-likeness (QED) is 0.163. The molecule has 1 aromatic heterocycles. The van der Waals surface area contributed by atoms with Gasteiger partial charge in [0, 0.05) is 33.4 Å². The number of hydrogen-bond donors (Lipinski definition) is 0. The van der Waals surface area contributed by atoms with E-state index in [1.54, 1.807) is 0 Å². The SMILES string of the molecule is c1ccc(-c2cccc(N(c3ccc(-c4cccc5c4c4ccccc4n5-c4ccccc4)cc3)c3cccc4c3-c3ccccc3C43c4ccccc4-c4ccccc43)c2)cc1. The number of nitrogens with zero attached hydrogens (tertiary/aromatic N) is 2. The van der Waals surface area contributed by atoms with E-state index in [0.717, 1.165) is 22.7 Å². The molecule has 1 spiro atoms. The molecule has 0 amide bonds. The first-order chi connectivity index (χ1) is 31.3. The number of hydrogen-bond acceptors (Lipinski definition) is 1. The highest BCUT2D eigenvalue weighted by atomic mass is 15.1. The highest BCUT2D eigenvalue weighted by Crippen LogP contribution is 2.64. The van der Waals surface area contributed by atoms with Gasteiger partial charge in [0.25, 0.3) is 0 Å². The van der Waals surface area contributed by atoms with Crippen LogP contribution >= 0.6 is 0 Å². The first-order valence-corrected chi connectivity index (χ1v) is 21.9. The first-order valence-electron chi connectivity index (χ1n) is 21.9. The average Bonchev–Trinajstić information content (AvgIpc) is 3.97. The van der Waals surface area contributed by atoms with Gasteiger partial charge in [-0.3, -0.25) is 0 Å². The molecule has 2 aliphatic carbocycles. The molecule has 0 radical (unpaired) electrons. The Labute approximate surface area is 367 Å². The second kappa shape index (κ2) is 13.9. The third-order valence-electron chi connectivity index (χ3n) is 13.6. The number of benzene rings is 10. The normalized spacial score (nSPS) is 12.9. The van der Waals surface area contributed by atoms with E-state index >= 15 is 0 Å². The predicted molar refractivity (Wildman–Crippen MR) is 263 cm³/mol. The van der Waals surface area contributed by atoms with E-state index in [1.165, 1.54) is 88.6 Å². The van der Waals surface area contributed by atoms with Crippen molar-refractivity contribution in [3.63, 3.8) is 0 Å². The summed E-state index contributed by atoms with van der Waals surface area (Å²) in [6, 6.07) is 89.4. The van der Waals surface area contributed by atoms with Crippen LogP contribution in [0.2, 0.25) is 0 Å². The molecule has 63 heavy (non-hydrogen) atoms. The maximum atomic E-state index is 2.49. The van der Waals surface area contributed by atoms with Gasteiger partial charge >= 0.3 is 0 Å². The van der Waals surface area contributed by atoms with Crippen molar-refractivity contribution < 1.29 is 0 Å². The average molecular weight is 801 g/mol. The number of rotatable bonds is 6. The Morgan fingerprint density at radius 3 is 1.62 bits per heavy atom. The third kappa shape index (κ3) is 5.13. The molecule has 0 unspecified atom stereocenters. The van der Waals surface area contributed by atoms with E-state index in [4.69, 9.17) is 0 Å². The van der Waals surface area contributed by atoms with E-state index in [0.29, 0.717) is 0 Å². The minimum atomic E-state index is -0.436. The summed E-state index contributed by atoms with van der Waals surface area (Å²) in [5.41, 5.74) is 21.8. The smallest absolute Gasteiger partial charge is 0.0726 e. The maximum Gasteiger partial charge on any atom is 0.0726 e. The summed E-state index contributed by atoms with van der Waals surface area (Å²) in [7, 11) is 0. The minimum Gasteiger partial charge on any atom is -0.310 e. The number of para-hydroxylation sites is 2. The first kappa shape index (κ1) is 35.5. The lowest BCUT2D eigenvalue weighted by molar-refractivity contribution is 0.794. The number of anilines is 3. The Morgan fingerprint density at radius 1 is 0.333 bits per heavy atom. The van der Waals surface area contributed by atoms with Crippen molar-refractivity contribution in [2.45, 2.75) is 5.41 Å². The summed E-state index contributed by atoms with van der Waals surface area (Å²) in [5, 5.41) is 2.51. The van der Waals surface area contributed by atoms with Crippen LogP contribution in [0.15, 0.2) is 243 Å². The molecule has 0 fully saturated rings. The molecule has 0 saturated heterocycles. The molecule has 0 atom stereocenters. The van der Waals surface area contributed by atoms with Gasteiger partial charge in [0.05, 0.1) is 22.1 Å². The Kier molecular flexibility index (Phi) is 7.85. The van der Waals surface area contributed by atoms with Crippen molar-refractivity contribution in [2.75, 3.05) is 4.90 Å². The lowest BCUT2D eigenvalue weighted by Crippen LogP contribution is -2.26. The zero-order valence-electron chi connectivity index (χ0n) is 34.5. The van der Waals surface area contributed by atoms with E-state index in [1.807, 2.05) is 0 Å². The van der Waals surface area contributed by atoms with E-state index in [9.17, 15) is 0 Å². The standard InChI is InChI=1S/C61H40N2/c1-3-18-41(19-4-1)43-20-15-23-46(40-43)62(45-38-36-42(37-39-45)47-28-16-34-57-59(47)51-27-10-14-33-56(51)63(57)44-21-5-2-6-22-44)58-35-17-32-55-60(58)50-26-9-13-31-54(50)61(55)52-29-11-7-24-48(52)49-25-8-12-30-53(49)61/h1-40H. The van der Waals surface area contributed by atoms with Gasteiger partial charge in [-0.15, -0.1) is 0 Å². The van der Waals surface area contributed by atoms with Crippen LogP contribution in [0.1, 0.15) is 22.3 Å². The molecule has 1 heterocycles. The highest BCUT2D eigenvalue weighted by molar-refractivity contribution is 6.16. The van der Waals surface area contributed by atoms with Crippen molar-refractivity contribution in [1.29, 1.82) is 0 Å². The van der Waals surface area contributed by atoms with Crippen molar-refractivity contribution in [3.8, 4) is 50.2 Å². The maximum absolute atomic E-state index is 2.49. The summed E-state index contributed by atoms with van der Waals surface area (Å²) < 4.78 is 2.39. The molecule has 0 N–H and O–H groups in total. The van der Waals surface area contributed by atoms with Gasteiger partial charge in [-0.2, -0.15) is 0 Å². The third-order valence-corrected chi connectivity index (χ3v) is 13.6. The van der Waals surface area contributed by atoms with Gasteiger partial charge in [0.2, 0.25) is 0 Å². The van der Waals surface area contributed by atoms with Crippen LogP contribution in [0.4, 0.5) is 17.1 Å². The van der Waals surface area contributed by atoms with E-state index in [-0.39, 0.29) is 0 Å². The lowest BCUT2D eigenvalue weighted by Gasteiger charge is -2.32. The molecular weight excluding hydrogens is 761 g/mol. The fourth-order valence-corrected chi connectivity index (χ4v) is 11.1. The second-order valence-electron chi connectivity index (χ2n) is 16.8. The summed E-state index contributed by atoms with van der Waals surface area (Å²) in [5.74, 6) is 0. The summed E-state index contributed by atoms with van der Waals surface area (Å²) in [6.07, 6.45) is 0. The number of aromatic nitrogens is 1. The zero-order valence-corrected chi connectivity index (χ0v) is 34.5. The lowest BCUT2D eigenvalue weighted by atomic mass is 9.70. The largest absolute Gasteiger partial charge is 0.310 e. The molecule has 0 aliphatic heterocycles. The fraction of sp³-hybridized carbons (Fsp3) is 0.0164. The predicted octanol–water partition coefficient (Wildman–Crippen LogP) is 15.9. The van der Waals surface area contributed by atoms with Crippen molar-refractivity contribution >= 4 is 38.9 Å². The molecule has 2 aliphatic rings. The van der Waals surface area contributed by atoms with Crippen LogP contribution in [0.5, 0.6) is 0 Å². The van der Waals surface area contributed by atoms with Gasteiger partial charge in [-0.05, 0) is 116 Å². The molecule has 2 heteroatoms. The second-order valence-corrected chi connectivity index (χ2v) is 16.8.